The van der Waals surface area contributed by atoms with Crippen LogP contribution >= 0.6 is 0 Å². The van der Waals surface area contributed by atoms with E-state index in [2.05, 4.69) is 43.0 Å². The molecule has 2 rings (SSSR count). The lowest BCUT2D eigenvalue weighted by Crippen LogP contribution is -2.43. The predicted octanol–water partition coefficient (Wildman–Crippen LogP) is 2.92. The molecule has 2 atom stereocenters. The van der Waals surface area contributed by atoms with E-state index < -0.39 is 0 Å². The highest BCUT2D eigenvalue weighted by atomic mass is 16.5. The van der Waals surface area contributed by atoms with Gasteiger partial charge in [0.05, 0.1) is 6.10 Å². The van der Waals surface area contributed by atoms with Gasteiger partial charge in [0.15, 0.2) is 0 Å². The maximum atomic E-state index is 6.04. The zero-order valence-electron chi connectivity index (χ0n) is 13.0. The molecule has 0 aliphatic carbocycles. The zero-order valence-corrected chi connectivity index (χ0v) is 13.0. The number of methoxy groups -OCH3 is 1. The van der Waals surface area contributed by atoms with Gasteiger partial charge in [0.2, 0.25) is 0 Å². The number of rotatable bonds is 5. The topological polar surface area (TPSA) is 38.5 Å². The average Bonchev–Trinajstić information content (AvgIpc) is 2.49. The van der Waals surface area contributed by atoms with Crippen LogP contribution in [0.2, 0.25) is 0 Å². The Morgan fingerprint density at radius 2 is 1.90 bits per heavy atom. The Kier molecular flexibility index (Phi) is 5.58. The van der Waals surface area contributed by atoms with Crippen molar-refractivity contribution in [1.82, 2.24) is 4.90 Å². The lowest BCUT2D eigenvalue weighted by molar-refractivity contribution is 0.0155. The van der Waals surface area contributed by atoms with Crippen molar-refractivity contribution in [3.05, 3.63) is 35.4 Å². The Labute approximate surface area is 123 Å². The van der Waals surface area contributed by atoms with E-state index in [0.29, 0.717) is 24.6 Å². The maximum absolute atomic E-state index is 6.04. The Morgan fingerprint density at radius 3 is 2.45 bits per heavy atom. The summed E-state index contributed by atoms with van der Waals surface area (Å²) < 4.78 is 5.52. The molecular weight excluding hydrogens is 248 g/mol. The largest absolute Gasteiger partial charge is 0.380 e. The first-order chi connectivity index (χ1) is 9.65. The van der Waals surface area contributed by atoms with Crippen LogP contribution in [0, 0.1) is 0 Å². The summed E-state index contributed by atoms with van der Waals surface area (Å²) in [6, 6.07) is 9.27. The summed E-state index contributed by atoms with van der Waals surface area (Å²) in [6.07, 6.45) is 2.71. The monoisotopic (exact) mass is 276 g/mol. The highest BCUT2D eigenvalue weighted by Gasteiger charge is 2.26. The molecule has 0 radical (unpaired) electrons. The fourth-order valence-electron chi connectivity index (χ4n) is 3.04. The molecule has 1 aromatic rings. The van der Waals surface area contributed by atoms with E-state index in [1.807, 2.05) is 7.11 Å². The van der Waals surface area contributed by atoms with Gasteiger partial charge in [-0.05, 0) is 36.4 Å². The fraction of sp³-hybridized carbons (Fsp3) is 0.647. The molecule has 20 heavy (non-hydrogen) atoms. The predicted molar refractivity (Wildman–Crippen MR) is 83.9 cm³/mol. The lowest BCUT2D eigenvalue weighted by atomic mass is 9.97. The van der Waals surface area contributed by atoms with Crippen LogP contribution in [0.4, 0.5) is 0 Å². The van der Waals surface area contributed by atoms with Crippen LogP contribution in [0.15, 0.2) is 24.3 Å². The first-order valence-corrected chi connectivity index (χ1v) is 7.72. The van der Waals surface area contributed by atoms with Crippen LogP contribution in [-0.4, -0.2) is 37.7 Å². The molecule has 2 N–H and O–H groups in total. The second-order valence-electron chi connectivity index (χ2n) is 6.07. The summed E-state index contributed by atoms with van der Waals surface area (Å²) >= 11 is 0. The summed E-state index contributed by atoms with van der Waals surface area (Å²) in [5.74, 6) is 0.577. The van der Waals surface area contributed by atoms with E-state index in [-0.39, 0.29) is 0 Å². The van der Waals surface area contributed by atoms with Gasteiger partial charge in [-0.3, -0.25) is 4.90 Å². The summed E-state index contributed by atoms with van der Waals surface area (Å²) in [7, 11) is 1.81. The third-order valence-corrected chi connectivity index (χ3v) is 4.39. The summed E-state index contributed by atoms with van der Waals surface area (Å²) in [4.78, 5) is 2.47. The minimum atomic E-state index is 0.314. The molecule has 0 saturated carbocycles. The van der Waals surface area contributed by atoms with Gasteiger partial charge in [0.1, 0.15) is 0 Å². The fourth-order valence-corrected chi connectivity index (χ4v) is 3.04. The van der Waals surface area contributed by atoms with Gasteiger partial charge in [-0.25, -0.2) is 0 Å². The SMILES string of the molecule is COC1CCCN(C(CN)c2ccc(C(C)C)cc2)C1. The van der Waals surface area contributed by atoms with E-state index in [9.17, 15) is 0 Å². The van der Waals surface area contributed by atoms with Gasteiger partial charge in [-0.1, -0.05) is 38.1 Å². The lowest BCUT2D eigenvalue weighted by Gasteiger charge is -2.37. The van der Waals surface area contributed by atoms with Crippen molar-refractivity contribution in [3.8, 4) is 0 Å². The molecule has 0 amide bonds. The van der Waals surface area contributed by atoms with Gasteiger partial charge < -0.3 is 10.5 Å². The Morgan fingerprint density at radius 1 is 1.25 bits per heavy atom. The molecular formula is C17H28N2O. The molecule has 0 bridgehead atoms. The van der Waals surface area contributed by atoms with Crippen molar-refractivity contribution in [2.45, 2.75) is 44.8 Å². The van der Waals surface area contributed by atoms with Crippen molar-refractivity contribution in [2.24, 2.45) is 5.73 Å². The number of hydrogen-bond acceptors (Lipinski definition) is 3. The minimum absolute atomic E-state index is 0.314. The Hall–Kier alpha value is -0.900. The van der Waals surface area contributed by atoms with E-state index >= 15 is 0 Å². The van der Waals surface area contributed by atoms with Crippen molar-refractivity contribution in [2.75, 3.05) is 26.7 Å². The molecule has 1 aromatic carbocycles. The molecule has 1 aliphatic heterocycles. The second kappa shape index (κ2) is 7.21. The van der Waals surface area contributed by atoms with Gasteiger partial charge in [-0.15, -0.1) is 0 Å². The molecule has 0 aromatic heterocycles. The van der Waals surface area contributed by atoms with E-state index in [1.165, 1.54) is 17.5 Å². The Bertz CT molecular complexity index is 402. The highest BCUT2D eigenvalue weighted by Crippen LogP contribution is 2.26. The third kappa shape index (κ3) is 3.60. The number of ether oxygens (including phenoxy) is 1. The number of piperidine rings is 1. The van der Waals surface area contributed by atoms with Crippen LogP contribution in [0.1, 0.15) is 49.8 Å². The smallest absolute Gasteiger partial charge is 0.0698 e. The van der Waals surface area contributed by atoms with Crippen molar-refractivity contribution >= 4 is 0 Å². The molecule has 112 valence electrons. The molecule has 3 heteroatoms. The Balaban J connectivity index is 2.10. The van der Waals surface area contributed by atoms with Crippen LogP contribution in [0.5, 0.6) is 0 Å². The van der Waals surface area contributed by atoms with Crippen LogP contribution in [0.25, 0.3) is 0 Å². The quantitative estimate of drug-likeness (QED) is 0.898. The van der Waals surface area contributed by atoms with E-state index in [1.54, 1.807) is 0 Å². The minimum Gasteiger partial charge on any atom is -0.380 e. The molecule has 1 saturated heterocycles. The number of nitrogens with zero attached hydrogens (tertiary/aromatic N) is 1. The standard InChI is InChI=1S/C17H28N2O/c1-13(2)14-6-8-15(9-7-14)17(11-18)19-10-4-5-16(12-19)20-3/h6-9,13,16-17H,4-5,10-12,18H2,1-3H3. The number of hydrogen-bond donors (Lipinski definition) is 1. The number of likely N-dealkylation sites (tertiary alicyclic amines) is 1. The number of benzene rings is 1. The summed E-state index contributed by atoms with van der Waals surface area (Å²) in [5, 5.41) is 0. The highest BCUT2D eigenvalue weighted by molar-refractivity contribution is 5.27. The molecule has 0 spiro atoms. The molecule has 1 fully saturated rings. The van der Waals surface area contributed by atoms with E-state index in [4.69, 9.17) is 10.5 Å². The first-order valence-electron chi connectivity index (χ1n) is 7.72. The average molecular weight is 276 g/mol. The summed E-state index contributed by atoms with van der Waals surface area (Å²) in [5.41, 5.74) is 8.75. The summed E-state index contributed by atoms with van der Waals surface area (Å²) in [6.45, 7) is 7.22. The van der Waals surface area contributed by atoms with Crippen molar-refractivity contribution < 1.29 is 4.74 Å². The van der Waals surface area contributed by atoms with Crippen molar-refractivity contribution in [3.63, 3.8) is 0 Å². The van der Waals surface area contributed by atoms with Gasteiger partial charge in [0.25, 0.3) is 0 Å². The first kappa shape index (κ1) is 15.5. The van der Waals surface area contributed by atoms with Gasteiger partial charge >= 0.3 is 0 Å². The molecule has 1 aliphatic rings. The molecule has 2 unspecified atom stereocenters. The van der Waals surface area contributed by atoms with Crippen molar-refractivity contribution in [1.29, 1.82) is 0 Å². The van der Waals surface area contributed by atoms with E-state index in [0.717, 1.165) is 19.5 Å². The maximum Gasteiger partial charge on any atom is 0.0698 e. The van der Waals surface area contributed by atoms with Crippen LogP contribution in [0.3, 0.4) is 0 Å². The normalized spacial score (nSPS) is 22.1. The molecule has 1 heterocycles. The van der Waals surface area contributed by atoms with Gasteiger partial charge in [-0.2, -0.15) is 0 Å². The zero-order chi connectivity index (χ0) is 14.5. The second-order valence-corrected chi connectivity index (χ2v) is 6.07. The third-order valence-electron chi connectivity index (χ3n) is 4.39. The van der Waals surface area contributed by atoms with Gasteiger partial charge in [0, 0.05) is 26.2 Å². The van der Waals surface area contributed by atoms with Crippen LogP contribution < -0.4 is 5.73 Å². The number of nitrogens with two attached hydrogens (primary N) is 1. The van der Waals surface area contributed by atoms with Crippen LogP contribution in [-0.2, 0) is 4.74 Å². The molecule has 3 nitrogen and oxygen atoms in total.